The number of carbonyl (C=O) groups is 1. The Morgan fingerprint density at radius 3 is 2.55 bits per heavy atom. The molecule has 2 aliphatic heterocycles. The minimum Gasteiger partial charge on any atom is -0.458 e. The van der Waals surface area contributed by atoms with Crippen molar-refractivity contribution in [2.45, 2.75) is 65.0 Å². The van der Waals surface area contributed by atoms with E-state index < -0.39 is 11.6 Å². The molecule has 1 atom stereocenters. The summed E-state index contributed by atoms with van der Waals surface area (Å²) in [7, 11) is 1.50. The summed E-state index contributed by atoms with van der Waals surface area (Å²) < 4.78 is 13.0. The van der Waals surface area contributed by atoms with Gasteiger partial charge in [0, 0.05) is 42.8 Å². The van der Waals surface area contributed by atoms with Gasteiger partial charge >= 0.3 is 5.97 Å². The number of rotatable bonds is 8. The molecule has 2 aromatic heterocycles. The first-order valence-corrected chi connectivity index (χ1v) is 14.1. The largest absolute Gasteiger partial charge is 0.458 e. The van der Waals surface area contributed by atoms with Gasteiger partial charge in [-0.2, -0.15) is 0 Å². The number of hydrogen-bond acceptors (Lipinski definition) is 6. The molecule has 0 saturated heterocycles. The van der Waals surface area contributed by atoms with E-state index in [0.29, 0.717) is 30.1 Å². The third-order valence-corrected chi connectivity index (χ3v) is 8.64. The maximum atomic E-state index is 13.8. The molecular formula is C33H35N3O4. The van der Waals surface area contributed by atoms with Crippen LogP contribution in [0.3, 0.4) is 0 Å². The second kappa shape index (κ2) is 10.3. The number of ether oxygens (including phenoxy) is 2. The highest BCUT2D eigenvalue weighted by Gasteiger charge is 2.47. The lowest BCUT2D eigenvalue weighted by Crippen LogP contribution is -2.45. The average molecular weight is 538 g/mol. The summed E-state index contributed by atoms with van der Waals surface area (Å²) >= 11 is 0. The molecule has 7 heteroatoms. The quantitative estimate of drug-likeness (QED) is 0.254. The van der Waals surface area contributed by atoms with Crippen LogP contribution in [-0.2, 0) is 46.0 Å². The van der Waals surface area contributed by atoms with Crippen LogP contribution < -0.4 is 5.56 Å². The first-order chi connectivity index (χ1) is 19.4. The highest BCUT2D eigenvalue weighted by molar-refractivity contribution is 5.89. The number of benzene rings is 2. The zero-order chi connectivity index (χ0) is 28.0. The van der Waals surface area contributed by atoms with E-state index in [-0.39, 0.29) is 12.2 Å². The van der Waals surface area contributed by atoms with Gasteiger partial charge in [-0.15, -0.1) is 0 Å². The number of carbonyl (C=O) groups excluding carboxylic acids is 1. The zero-order valence-electron chi connectivity index (χ0n) is 23.6. The predicted octanol–water partition coefficient (Wildman–Crippen LogP) is 5.19. The molecule has 0 saturated carbocycles. The molecule has 0 amide bonds. The van der Waals surface area contributed by atoms with Crippen LogP contribution in [0.4, 0.5) is 0 Å². The smallest absolute Gasteiger partial charge is 0.343 e. The van der Waals surface area contributed by atoms with Crippen molar-refractivity contribution in [1.29, 1.82) is 0 Å². The van der Waals surface area contributed by atoms with Crippen molar-refractivity contribution >= 4 is 16.9 Å². The topological polar surface area (TPSA) is 73.7 Å². The van der Waals surface area contributed by atoms with Crippen LogP contribution in [0.25, 0.3) is 22.3 Å². The molecule has 6 rings (SSSR count). The number of cyclic esters (lactones) is 1. The SMILES string of the molecule is CC[C@@]1(OC)C(=O)OCc2c1cc1n(c2=O)Cc2c-1nc1ccccc1c2CCN(Cc1ccccc1)C(C)C. The van der Waals surface area contributed by atoms with Crippen molar-refractivity contribution in [3.63, 3.8) is 0 Å². The standard InChI is InChI=1S/C33H35N3O4/c1-5-33(39-4)27-17-29-30-25(19-36(29)31(37)26(27)20-40-32(33)38)23(24-13-9-10-14-28(24)34-30)15-16-35(21(2)3)18-22-11-7-6-8-12-22/h6-14,17,21H,5,15-16,18-20H2,1-4H3/t33-/m0/s1. The molecule has 7 nitrogen and oxygen atoms in total. The number of methoxy groups -OCH3 is 1. The van der Waals surface area contributed by atoms with Crippen molar-refractivity contribution in [3.05, 3.63) is 98.8 Å². The monoisotopic (exact) mass is 537 g/mol. The Morgan fingerprint density at radius 2 is 1.82 bits per heavy atom. The van der Waals surface area contributed by atoms with Crippen LogP contribution in [0.5, 0.6) is 0 Å². The van der Waals surface area contributed by atoms with E-state index >= 15 is 0 Å². The molecule has 0 radical (unpaired) electrons. The van der Waals surface area contributed by atoms with Gasteiger partial charge in [0.15, 0.2) is 5.60 Å². The first kappa shape index (κ1) is 26.4. The van der Waals surface area contributed by atoms with E-state index in [0.717, 1.165) is 47.4 Å². The third-order valence-electron chi connectivity index (χ3n) is 8.64. The normalized spacial score (nSPS) is 17.7. The number of nitrogens with zero attached hydrogens (tertiary/aromatic N) is 3. The van der Waals surface area contributed by atoms with Crippen molar-refractivity contribution in [2.24, 2.45) is 0 Å². The van der Waals surface area contributed by atoms with E-state index in [9.17, 15) is 9.59 Å². The molecule has 0 spiro atoms. The fraction of sp³-hybridized carbons (Fsp3) is 0.364. The van der Waals surface area contributed by atoms with Crippen molar-refractivity contribution in [1.82, 2.24) is 14.5 Å². The molecule has 2 aliphatic rings. The maximum absolute atomic E-state index is 13.8. The zero-order valence-corrected chi connectivity index (χ0v) is 23.6. The Labute approximate surface area is 234 Å². The Kier molecular flexibility index (Phi) is 6.80. The number of fused-ring (bicyclic) bond motifs is 5. The van der Waals surface area contributed by atoms with E-state index in [1.807, 2.05) is 37.3 Å². The summed E-state index contributed by atoms with van der Waals surface area (Å²) in [5.41, 5.74) is 5.70. The number of aromatic nitrogens is 2. The molecule has 0 aliphatic carbocycles. The Balaban J connectivity index is 1.45. The fourth-order valence-corrected chi connectivity index (χ4v) is 6.32. The van der Waals surface area contributed by atoms with Crippen LogP contribution in [0.2, 0.25) is 0 Å². The fourth-order valence-electron chi connectivity index (χ4n) is 6.32. The van der Waals surface area contributed by atoms with Gasteiger partial charge < -0.3 is 14.0 Å². The van der Waals surface area contributed by atoms with Gasteiger partial charge in [-0.1, -0.05) is 55.5 Å². The summed E-state index contributed by atoms with van der Waals surface area (Å²) in [4.78, 5) is 34.3. The van der Waals surface area contributed by atoms with Crippen molar-refractivity contribution in [3.8, 4) is 11.4 Å². The summed E-state index contributed by atoms with van der Waals surface area (Å²) in [5.74, 6) is -0.452. The van der Waals surface area contributed by atoms with Gasteiger partial charge in [0.05, 0.1) is 29.0 Å². The Hall–Kier alpha value is -3.81. The van der Waals surface area contributed by atoms with Crippen LogP contribution in [-0.4, -0.2) is 40.1 Å². The summed E-state index contributed by atoms with van der Waals surface area (Å²) in [6.45, 7) is 8.50. The van der Waals surface area contributed by atoms with Crippen LogP contribution in [0, 0.1) is 0 Å². The van der Waals surface area contributed by atoms with E-state index in [1.165, 1.54) is 18.2 Å². The minimum absolute atomic E-state index is 0.0418. The number of hydrogen-bond donors (Lipinski definition) is 0. The van der Waals surface area contributed by atoms with E-state index in [2.05, 4.69) is 49.1 Å². The summed E-state index contributed by atoms with van der Waals surface area (Å²) in [6.07, 6.45) is 1.20. The molecule has 206 valence electrons. The third kappa shape index (κ3) is 4.16. The second-order valence-corrected chi connectivity index (χ2v) is 11.0. The summed E-state index contributed by atoms with van der Waals surface area (Å²) in [6, 6.07) is 21.1. The highest BCUT2D eigenvalue weighted by Crippen LogP contribution is 2.41. The molecular weight excluding hydrogens is 502 g/mol. The minimum atomic E-state index is -1.29. The molecule has 0 bridgehead atoms. The lowest BCUT2D eigenvalue weighted by atomic mass is 9.85. The van der Waals surface area contributed by atoms with Crippen LogP contribution in [0.15, 0.2) is 65.5 Å². The predicted molar refractivity (Wildman–Crippen MR) is 155 cm³/mol. The van der Waals surface area contributed by atoms with Gasteiger partial charge in [-0.25, -0.2) is 9.78 Å². The van der Waals surface area contributed by atoms with Crippen LogP contribution in [0.1, 0.15) is 55.0 Å². The Bertz CT molecular complexity index is 1650. The highest BCUT2D eigenvalue weighted by atomic mass is 16.6. The molecule has 0 fully saturated rings. The second-order valence-electron chi connectivity index (χ2n) is 11.0. The van der Waals surface area contributed by atoms with Gasteiger partial charge in [0.1, 0.15) is 6.61 Å². The molecule has 40 heavy (non-hydrogen) atoms. The molecule has 2 aromatic carbocycles. The molecule has 4 heterocycles. The number of para-hydroxylation sites is 1. The summed E-state index contributed by atoms with van der Waals surface area (Å²) in [5, 5.41) is 1.12. The van der Waals surface area contributed by atoms with Crippen molar-refractivity contribution in [2.75, 3.05) is 13.7 Å². The van der Waals surface area contributed by atoms with Gasteiger partial charge in [-0.3, -0.25) is 9.69 Å². The van der Waals surface area contributed by atoms with Crippen LogP contribution >= 0.6 is 0 Å². The maximum Gasteiger partial charge on any atom is 0.343 e. The van der Waals surface area contributed by atoms with E-state index in [4.69, 9.17) is 14.5 Å². The lowest BCUT2D eigenvalue weighted by Gasteiger charge is -2.34. The average Bonchev–Trinajstić information content (AvgIpc) is 3.34. The van der Waals surface area contributed by atoms with Gasteiger partial charge in [-0.05, 0) is 49.9 Å². The lowest BCUT2D eigenvalue weighted by molar-refractivity contribution is -0.176. The Morgan fingerprint density at radius 1 is 1.07 bits per heavy atom. The van der Waals surface area contributed by atoms with E-state index in [1.54, 1.807) is 4.57 Å². The molecule has 0 unspecified atom stereocenters. The first-order valence-electron chi connectivity index (χ1n) is 14.1. The number of pyridine rings is 2. The molecule has 0 N–H and O–H groups in total. The van der Waals surface area contributed by atoms with Gasteiger partial charge in [0.25, 0.3) is 5.56 Å². The van der Waals surface area contributed by atoms with Crippen molar-refractivity contribution < 1.29 is 14.3 Å². The van der Waals surface area contributed by atoms with Gasteiger partial charge in [0.2, 0.25) is 0 Å². The molecule has 4 aromatic rings. The number of esters is 1.